The number of alkyl carbamates (subject to hydrolysis) is 3. The number of hydrogen-bond acceptors (Lipinski definition) is 19. The van der Waals surface area contributed by atoms with E-state index in [2.05, 4.69) is 16.0 Å². The van der Waals surface area contributed by atoms with Crippen molar-refractivity contribution in [3.8, 4) is 28.7 Å². The van der Waals surface area contributed by atoms with Gasteiger partial charge in [-0.3, -0.25) is 9.59 Å². The van der Waals surface area contributed by atoms with Crippen LogP contribution in [0, 0.1) is 0 Å². The number of amides is 3. The molecule has 0 aliphatic carbocycles. The number of phenols is 2. The van der Waals surface area contributed by atoms with Gasteiger partial charge in [-0.15, -0.1) is 0 Å². The van der Waals surface area contributed by atoms with E-state index >= 15 is 0 Å². The van der Waals surface area contributed by atoms with Crippen LogP contribution in [0.25, 0.3) is 0 Å². The third-order valence-corrected chi connectivity index (χ3v) is 15.5. The second-order valence-electron chi connectivity index (χ2n) is 29.1. The lowest BCUT2D eigenvalue weighted by Crippen LogP contribution is -2.41. The zero-order chi connectivity index (χ0) is 80.9. The van der Waals surface area contributed by atoms with Gasteiger partial charge in [-0.05, 0) is 219 Å². The summed E-state index contributed by atoms with van der Waals surface area (Å²) in [6.07, 6.45) is 2.83. The molecule has 0 fully saturated rings. The van der Waals surface area contributed by atoms with Crippen LogP contribution in [0.4, 0.5) is 14.4 Å². The molecule has 0 bridgehead atoms. The fourth-order valence-corrected chi connectivity index (χ4v) is 10.3. The molecule has 0 aliphatic rings. The second-order valence-corrected chi connectivity index (χ2v) is 29.1. The van der Waals surface area contributed by atoms with E-state index in [9.17, 15) is 29.1 Å². The molecule has 8 rings (SSSR count). The number of phenolic OH excluding ortho intramolecular Hbond substituents is 2. The average Bonchev–Trinajstić information content (AvgIpc) is 0.871. The number of nitrogens with two attached hydrogens (primary N) is 2. The van der Waals surface area contributed by atoms with E-state index in [0.29, 0.717) is 58.3 Å². The molecule has 0 heterocycles. The molecule has 0 spiro atoms. The van der Waals surface area contributed by atoms with Crippen LogP contribution in [0.15, 0.2) is 212 Å². The van der Waals surface area contributed by atoms with Crippen molar-refractivity contribution in [3.05, 3.63) is 257 Å². The van der Waals surface area contributed by atoms with Gasteiger partial charge in [-0.2, -0.15) is 0 Å². The number of aliphatic hydroxyl groups is 3. The first-order valence-corrected chi connectivity index (χ1v) is 36.7. The van der Waals surface area contributed by atoms with Crippen LogP contribution < -0.4 is 41.6 Å². The van der Waals surface area contributed by atoms with Crippen molar-refractivity contribution in [2.24, 2.45) is 11.5 Å². The third-order valence-electron chi connectivity index (χ3n) is 15.5. The van der Waals surface area contributed by atoms with Crippen LogP contribution >= 0.6 is 0 Å². The van der Waals surface area contributed by atoms with Gasteiger partial charge in [0.05, 0.1) is 20.0 Å². The maximum absolute atomic E-state index is 12.1. The summed E-state index contributed by atoms with van der Waals surface area (Å²) >= 11 is 0. The molecule has 0 unspecified atom stereocenters. The van der Waals surface area contributed by atoms with Gasteiger partial charge in [0, 0.05) is 50.0 Å². The van der Waals surface area contributed by atoms with E-state index in [4.69, 9.17) is 70.2 Å². The highest BCUT2D eigenvalue weighted by molar-refractivity contribution is 5.73. The molecule has 23 nitrogen and oxygen atoms in total. The average molecular weight is 1520 g/mol. The molecule has 110 heavy (non-hydrogen) atoms. The molecular formula is C87H115N5O18. The molecule has 23 heteroatoms. The first-order valence-electron chi connectivity index (χ1n) is 36.7. The molecule has 5 atom stereocenters. The van der Waals surface area contributed by atoms with Gasteiger partial charge in [0.15, 0.2) is 0 Å². The van der Waals surface area contributed by atoms with Gasteiger partial charge >= 0.3 is 30.2 Å². The van der Waals surface area contributed by atoms with Crippen molar-refractivity contribution in [2.45, 2.75) is 193 Å². The predicted molar refractivity (Wildman–Crippen MR) is 426 cm³/mol. The van der Waals surface area contributed by atoms with Crippen LogP contribution in [0.2, 0.25) is 0 Å². The van der Waals surface area contributed by atoms with Crippen molar-refractivity contribution in [1.82, 2.24) is 16.0 Å². The zero-order valence-electron chi connectivity index (χ0n) is 65.1. The Morgan fingerprint density at radius 2 is 0.618 bits per heavy atom. The highest BCUT2D eigenvalue weighted by Gasteiger charge is 2.25. The minimum atomic E-state index is -0.983. The summed E-state index contributed by atoms with van der Waals surface area (Å²) < 4.78 is 37.9. The highest BCUT2D eigenvalue weighted by atomic mass is 16.6. The number of esters is 1. The smallest absolute Gasteiger partial charge is 0.407 e. The van der Waals surface area contributed by atoms with E-state index < -0.39 is 59.1 Å². The van der Waals surface area contributed by atoms with E-state index in [1.165, 1.54) is 7.11 Å². The van der Waals surface area contributed by atoms with Crippen molar-refractivity contribution in [3.63, 3.8) is 0 Å². The van der Waals surface area contributed by atoms with Gasteiger partial charge in [-0.1, -0.05) is 152 Å². The monoisotopic (exact) mass is 1520 g/mol. The molecule has 13 N–H and O–H groups in total. The number of aromatic hydroxyl groups is 2. The summed E-state index contributed by atoms with van der Waals surface area (Å²) in [5, 5.41) is 61.9. The van der Waals surface area contributed by atoms with Gasteiger partial charge in [0.1, 0.15) is 65.4 Å². The van der Waals surface area contributed by atoms with Crippen LogP contribution in [-0.4, -0.2) is 135 Å². The zero-order valence-corrected chi connectivity index (χ0v) is 65.1. The van der Waals surface area contributed by atoms with Crippen molar-refractivity contribution >= 4 is 30.2 Å². The summed E-state index contributed by atoms with van der Waals surface area (Å²) in [6, 6.07) is 65.3. The predicted octanol–water partition coefficient (Wildman–Crippen LogP) is 13.8. The number of carbonyl (C=O) groups is 5. The lowest BCUT2D eigenvalue weighted by Gasteiger charge is -2.23. The fraction of sp³-hybridized carbons (Fsp3) is 0.391. The molecule has 0 aliphatic heterocycles. The minimum Gasteiger partial charge on any atom is -0.508 e. The van der Waals surface area contributed by atoms with Crippen LogP contribution in [0.5, 0.6) is 28.7 Å². The number of hydrogen-bond donors (Lipinski definition) is 11. The van der Waals surface area contributed by atoms with Crippen molar-refractivity contribution < 1.29 is 87.8 Å². The molecule has 8 aromatic carbocycles. The molecule has 0 radical (unpaired) electrons. The summed E-state index contributed by atoms with van der Waals surface area (Å²) in [6.45, 7) is 17.8. The highest BCUT2D eigenvalue weighted by Crippen LogP contribution is 2.22. The molecule has 3 amide bonds. The SMILES string of the molecule is CC(C)(C)OC(=O)N[C@H](CC(=O)O)Cc1ccc(OCc2ccccc2)cc1.CC(C)(C)OC(=O)N[C@H](CCO)Cc1ccc(OCc2ccccc2)cc1.COC(=O)C[C@H](Cc1ccc(OCc2ccccc2)cc1)NC(=O)OC(C)(C)C.N[C@H](CCO)Cc1ccc(O)cc1.N[C@H](CCO)Cc1ccc(O)cc1. The topological polar surface area (TPSA) is 359 Å². The molecule has 8 aromatic rings. The Hall–Kier alpha value is -10.7. The fourth-order valence-electron chi connectivity index (χ4n) is 10.3. The Kier molecular flexibility index (Phi) is 41.2. The molecule has 0 saturated carbocycles. The maximum atomic E-state index is 12.1. The first kappa shape index (κ1) is 91.7. The van der Waals surface area contributed by atoms with E-state index in [-0.39, 0.29) is 62.3 Å². The number of carboxylic acid groups (broad SMARTS) is 1. The van der Waals surface area contributed by atoms with Gasteiger partial charge in [0.25, 0.3) is 0 Å². The Balaban J connectivity index is 0.000000300. The molecule has 0 saturated heterocycles. The normalized spacial score (nSPS) is 12.3. The number of carboxylic acids is 1. The second kappa shape index (κ2) is 49.4. The Morgan fingerprint density at radius 3 is 0.891 bits per heavy atom. The lowest BCUT2D eigenvalue weighted by atomic mass is 10.0. The number of rotatable bonds is 32. The number of aliphatic hydroxyl groups excluding tert-OH is 3. The van der Waals surface area contributed by atoms with Crippen molar-refractivity contribution in [1.29, 1.82) is 0 Å². The number of methoxy groups -OCH3 is 1. The van der Waals surface area contributed by atoms with Crippen molar-refractivity contribution in [2.75, 3.05) is 26.9 Å². The number of benzene rings is 8. The van der Waals surface area contributed by atoms with Crippen LogP contribution in [-0.2, 0) is 80.5 Å². The standard InChI is InChI=1S/C23H29NO5.C22H27NO5.C22H29NO4.2C10H15NO2/c1-23(2,3)29-22(26)24-19(15-21(25)27-4)14-17-10-12-20(13-11-17)28-16-18-8-6-5-7-9-18;1-22(2,3)28-21(26)23-18(14-20(24)25)13-16-9-11-19(12-10-16)27-15-17-7-5-4-6-8-17;1-22(2,3)27-21(25)23-19(13-14-24)15-17-9-11-20(12-10-17)26-16-18-7-5-4-6-8-18;2*11-9(5-6-12)7-8-1-3-10(13)4-2-8/h5-13,19H,14-16H2,1-4H3,(H,24,26);4-12,18H,13-15H2,1-3H3,(H,23,26)(H,24,25);4-12,19,24H,13-16H2,1-3H3,(H,23,25);2*1-4,9,12-13H,5-7,11H2/t19-;18-;19-;2*9-/m00111/s1. The van der Waals surface area contributed by atoms with Gasteiger partial charge < -0.3 is 91.2 Å². The quantitative estimate of drug-likeness (QED) is 0.0138. The van der Waals surface area contributed by atoms with E-state index in [1.54, 1.807) is 65.8 Å². The number of carbonyl (C=O) groups excluding carboxylic acids is 4. The molecular weight excluding hydrogens is 1400 g/mol. The number of aliphatic carboxylic acids is 1. The number of ether oxygens (including phenoxy) is 7. The lowest BCUT2D eigenvalue weighted by molar-refractivity contribution is -0.141. The van der Waals surface area contributed by atoms with Gasteiger partial charge in [-0.25, -0.2) is 14.4 Å². The molecule has 0 aromatic heterocycles. The third kappa shape index (κ3) is 43.3. The minimum absolute atomic E-state index is 0.00126. The van der Waals surface area contributed by atoms with Gasteiger partial charge in [0.2, 0.25) is 0 Å². The Labute approximate surface area is 648 Å². The van der Waals surface area contributed by atoms with E-state index in [0.717, 1.165) is 74.6 Å². The summed E-state index contributed by atoms with van der Waals surface area (Å²) in [5.74, 6) is 1.42. The van der Waals surface area contributed by atoms with E-state index in [1.807, 2.05) is 209 Å². The first-order chi connectivity index (χ1) is 52.2. The largest absolute Gasteiger partial charge is 0.508 e. The number of nitrogens with one attached hydrogen (secondary N) is 3. The summed E-state index contributed by atoms with van der Waals surface area (Å²) in [7, 11) is 1.33. The Bertz CT molecular complexity index is 3800. The molecule has 596 valence electrons. The van der Waals surface area contributed by atoms with Crippen LogP contribution in [0.1, 0.15) is 139 Å². The Morgan fingerprint density at radius 1 is 0.355 bits per heavy atom. The maximum Gasteiger partial charge on any atom is 0.407 e. The summed E-state index contributed by atoms with van der Waals surface area (Å²) in [5.41, 5.74) is 18.0. The van der Waals surface area contributed by atoms with Crippen LogP contribution in [0.3, 0.4) is 0 Å². The summed E-state index contributed by atoms with van der Waals surface area (Å²) in [4.78, 5) is 58.9.